The van der Waals surface area contributed by atoms with Gasteiger partial charge in [0.25, 0.3) is 0 Å². The minimum absolute atomic E-state index is 0.00346. The molecule has 2 N–H and O–H groups in total. The fraction of sp³-hybridized carbons (Fsp3) is 0.538. The number of nitrogen functional groups attached to an aromatic ring is 1. The number of nitrogens with two attached hydrogens (primary N) is 1. The highest BCUT2D eigenvalue weighted by Crippen LogP contribution is 2.30. The van der Waals surface area contributed by atoms with Crippen LogP contribution in [0.5, 0.6) is 0 Å². The summed E-state index contributed by atoms with van der Waals surface area (Å²) in [6, 6.07) is 2.23. The molecule has 21 heavy (non-hydrogen) atoms. The second-order valence-corrected chi connectivity index (χ2v) is 7.62. The predicted octanol–water partition coefficient (Wildman–Crippen LogP) is 2.36. The van der Waals surface area contributed by atoms with Crippen molar-refractivity contribution in [1.82, 2.24) is 4.31 Å². The molecule has 0 aromatic heterocycles. The first kappa shape index (κ1) is 16.7. The number of piperidine rings is 1. The van der Waals surface area contributed by atoms with E-state index in [0.29, 0.717) is 32.5 Å². The van der Waals surface area contributed by atoms with Crippen molar-refractivity contribution in [2.75, 3.05) is 25.4 Å². The van der Waals surface area contributed by atoms with Crippen molar-refractivity contribution in [3.05, 3.63) is 22.4 Å². The van der Waals surface area contributed by atoms with Gasteiger partial charge in [0, 0.05) is 24.2 Å². The van der Waals surface area contributed by atoms with E-state index in [1.54, 1.807) is 0 Å². The van der Waals surface area contributed by atoms with Gasteiger partial charge in [-0.1, -0.05) is 0 Å². The van der Waals surface area contributed by atoms with Crippen molar-refractivity contribution in [1.29, 1.82) is 0 Å². The SMILES string of the molecule is CCOC1CCN(S(=O)(=O)c2cc(N)c(F)cc2Br)CC1. The molecule has 0 spiro atoms. The minimum Gasteiger partial charge on any atom is -0.396 e. The van der Waals surface area contributed by atoms with E-state index < -0.39 is 15.8 Å². The lowest BCUT2D eigenvalue weighted by molar-refractivity contribution is 0.0290. The standard InChI is InChI=1S/C13H18BrFN2O3S/c1-2-20-9-3-5-17(6-4-9)21(18,19)13-8-12(16)11(15)7-10(13)14/h7-9H,2-6,16H2,1H3. The Labute approximate surface area is 132 Å². The number of ether oxygens (including phenoxy) is 1. The molecule has 118 valence electrons. The Kier molecular flexibility index (Phi) is 5.24. The molecule has 1 heterocycles. The molecular weight excluding hydrogens is 363 g/mol. The molecule has 1 aliphatic heterocycles. The Morgan fingerprint density at radius 2 is 2.05 bits per heavy atom. The number of halogens is 2. The summed E-state index contributed by atoms with van der Waals surface area (Å²) in [7, 11) is -3.69. The fourth-order valence-corrected chi connectivity index (χ4v) is 4.84. The Bertz CT molecular complexity index is 616. The Balaban J connectivity index is 2.22. The number of hydrogen-bond donors (Lipinski definition) is 1. The molecule has 8 heteroatoms. The van der Waals surface area contributed by atoms with Crippen molar-refractivity contribution in [3.8, 4) is 0 Å². The second kappa shape index (κ2) is 6.60. The third kappa shape index (κ3) is 3.56. The van der Waals surface area contributed by atoms with Gasteiger partial charge in [-0.2, -0.15) is 4.31 Å². The first-order valence-corrected chi connectivity index (χ1v) is 8.95. The van der Waals surface area contributed by atoms with E-state index in [1.807, 2.05) is 6.92 Å². The van der Waals surface area contributed by atoms with Gasteiger partial charge in [-0.05, 0) is 47.8 Å². The Morgan fingerprint density at radius 1 is 1.43 bits per heavy atom. The minimum atomic E-state index is -3.69. The molecule has 2 rings (SSSR count). The molecule has 0 saturated carbocycles. The quantitative estimate of drug-likeness (QED) is 0.813. The molecule has 0 aliphatic carbocycles. The smallest absolute Gasteiger partial charge is 0.244 e. The highest BCUT2D eigenvalue weighted by molar-refractivity contribution is 9.10. The van der Waals surface area contributed by atoms with Crippen molar-refractivity contribution < 1.29 is 17.5 Å². The summed E-state index contributed by atoms with van der Waals surface area (Å²) in [4.78, 5) is -0.00346. The third-order valence-corrected chi connectivity index (χ3v) is 6.33. The van der Waals surface area contributed by atoms with Crippen molar-refractivity contribution in [3.63, 3.8) is 0 Å². The largest absolute Gasteiger partial charge is 0.396 e. The number of rotatable bonds is 4. The zero-order valence-corrected chi connectivity index (χ0v) is 14.1. The van der Waals surface area contributed by atoms with Crippen LogP contribution in [0.4, 0.5) is 10.1 Å². The van der Waals surface area contributed by atoms with Crippen molar-refractivity contribution in [2.45, 2.75) is 30.8 Å². The van der Waals surface area contributed by atoms with Gasteiger partial charge in [-0.15, -0.1) is 0 Å². The molecule has 0 bridgehead atoms. The van der Waals surface area contributed by atoms with Gasteiger partial charge in [0.1, 0.15) is 5.82 Å². The normalized spacial score (nSPS) is 18.0. The van der Waals surface area contributed by atoms with Crippen LogP contribution in [-0.2, 0) is 14.8 Å². The van der Waals surface area contributed by atoms with Gasteiger partial charge >= 0.3 is 0 Å². The molecule has 1 saturated heterocycles. The summed E-state index contributed by atoms with van der Waals surface area (Å²) in [6.45, 7) is 3.31. The summed E-state index contributed by atoms with van der Waals surface area (Å²) < 4.78 is 45.7. The monoisotopic (exact) mass is 380 g/mol. The van der Waals surface area contributed by atoms with Crippen LogP contribution in [0, 0.1) is 5.82 Å². The maximum absolute atomic E-state index is 13.3. The molecule has 0 unspecified atom stereocenters. The Hall–Kier alpha value is -0.700. The summed E-state index contributed by atoms with van der Waals surface area (Å²) in [5, 5.41) is 0. The van der Waals surface area contributed by atoms with Gasteiger partial charge < -0.3 is 10.5 Å². The lowest BCUT2D eigenvalue weighted by Crippen LogP contribution is -2.41. The number of sulfonamides is 1. The average molecular weight is 381 g/mol. The topological polar surface area (TPSA) is 72.6 Å². The maximum Gasteiger partial charge on any atom is 0.244 e. The van der Waals surface area contributed by atoms with Crippen LogP contribution in [0.15, 0.2) is 21.5 Å². The fourth-order valence-electron chi connectivity index (χ4n) is 2.36. The van der Waals surface area contributed by atoms with E-state index in [2.05, 4.69) is 15.9 Å². The van der Waals surface area contributed by atoms with E-state index in [1.165, 1.54) is 4.31 Å². The molecule has 1 aromatic carbocycles. The number of benzene rings is 1. The molecule has 1 aromatic rings. The van der Waals surface area contributed by atoms with Crippen LogP contribution in [0.2, 0.25) is 0 Å². The Morgan fingerprint density at radius 3 is 2.62 bits per heavy atom. The predicted molar refractivity (Wildman–Crippen MR) is 81.9 cm³/mol. The lowest BCUT2D eigenvalue weighted by atomic mass is 10.1. The molecule has 1 aliphatic rings. The first-order chi connectivity index (χ1) is 9.86. The van der Waals surface area contributed by atoms with Crippen LogP contribution in [0.25, 0.3) is 0 Å². The van der Waals surface area contributed by atoms with Crippen LogP contribution in [0.1, 0.15) is 19.8 Å². The third-order valence-electron chi connectivity index (χ3n) is 3.47. The van der Waals surface area contributed by atoms with Gasteiger partial charge in [0.05, 0.1) is 16.7 Å². The van der Waals surface area contributed by atoms with Gasteiger partial charge in [-0.3, -0.25) is 0 Å². The van der Waals surface area contributed by atoms with Gasteiger partial charge in [0.15, 0.2) is 0 Å². The summed E-state index contributed by atoms with van der Waals surface area (Å²) in [6.07, 6.45) is 1.41. The molecule has 5 nitrogen and oxygen atoms in total. The first-order valence-electron chi connectivity index (χ1n) is 6.72. The molecular formula is C13H18BrFN2O3S. The van der Waals surface area contributed by atoms with E-state index in [0.717, 1.165) is 12.1 Å². The van der Waals surface area contributed by atoms with E-state index in [4.69, 9.17) is 10.5 Å². The highest BCUT2D eigenvalue weighted by atomic mass is 79.9. The van der Waals surface area contributed by atoms with Crippen LogP contribution in [-0.4, -0.2) is 38.5 Å². The highest BCUT2D eigenvalue weighted by Gasteiger charge is 2.31. The molecule has 0 atom stereocenters. The second-order valence-electron chi connectivity index (χ2n) is 4.86. The van der Waals surface area contributed by atoms with E-state index in [9.17, 15) is 12.8 Å². The summed E-state index contributed by atoms with van der Waals surface area (Å²) in [5.41, 5.74) is 5.30. The van der Waals surface area contributed by atoms with Crippen LogP contribution >= 0.6 is 15.9 Å². The van der Waals surface area contributed by atoms with E-state index in [-0.39, 0.29) is 21.2 Å². The number of anilines is 1. The molecule has 0 amide bonds. The maximum atomic E-state index is 13.3. The summed E-state index contributed by atoms with van der Waals surface area (Å²) in [5.74, 6) is -0.643. The zero-order valence-electron chi connectivity index (χ0n) is 11.7. The number of hydrogen-bond acceptors (Lipinski definition) is 4. The lowest BCUT2D eigenvalue weighted by Gasteiger charge is -2.31. The molecule has 0 radical (unpaired) electrons. The van der Waals surface area contributed by atoms with E-state index >= 15 is 0 Å². The van der Waals surface area contributed by atoms with Crippen molar-refractivity contribution >= 4 is 31.6 Å². The van der Waals surface area contributed by atoms with Crippen LogP contribution in [0.3, 0.4) is 0 Å². The average Bonchev–Trinajstić information content (AvgIpc) is 2.43. The number of nitrogens with zero attached hydrogens (tertiary/aromatic N) is 1. The van der Waals surface area contributed by atoms with Crippen molar-refractivity contribution in [2.24, 2.45) is 0 Å². The molecule has 1 fully saturated rings. The van der Waals surface area contributed by atoms with Crippen LogP contribution < -0.4 is 5.73 Å². The van der Waals surface area contributed by atoms with Gasteiger partial charge in [0.2, 0.25) is 10.0 Å². The summed E-state index contributed by atoms with van der Waals surface area (Å²) >= 11 is 3.09. The zero-order chi connectivity index (χ0) is 15.6. The van der Waals surface area contributed by atoms with Gasteiger partial charge in [-0.25, -0.2) is 12.8 Å².